The number of nitrogens with one attached hydrogen (secondary N) is 1. The normalized spacial score (nSPS) is 18.2. The smallest absolute Gasteiger partial charge is 0.407 e. The van der Waals surface area contributed by atoms with E-state index in [1.807, 2.05) is 45.9 Å². The van der Waals surface area contributed by atoms with Gasteiger partial charge in [-0.3, -0.25) is 4.90 Å². The van der Waals surface area contributed by atoms with Gasteiger partial charge >= 0.3 is 6.09 Å². The van der Waals surface area contributed by atoms with Gasteiger partial charge in [-0.25, -0.2) is 4.79 Å². The molecule has 1 aromatic rings. The van der Waals surface area contributed by atoms with Crippen molar-refractivity contribution in [1.29, 1.82) is 0 Å². The maximum absolute atomic E-state index is 11.7. The van der Waals surface area contributed by atoms with Crippen molar-refractivity contribution in [3.8, 4) is 5.75 Å². The number of alkyl carbamates (subject to hydrolysis) is 1. The van der Waals surface area contributed by atoms with Gasteiger partial charge in [0.25, 0.3) is 0 Å². The maximum Gasteiger partial charge on any atom is 0.407 e. The van der Waals surface area contributed by atoms with E-state index in [-0.39, 0.29) is 6.09 Å². The Kier molecular flexibility index (Phi) is 6.96. The highest BCUT2D eigenvalue weighted by Crippen LogP contribution is 2.24. The number of ether oxygens (including phenoxy) is 2. The number of nitrogens with zero attached hydrogens (tertiary/aromatic N) is 1. The average molecular weight is 369 g/mol. The fourth-order valence-electron chi connectivity index (χ4n) is 2.99. The van der Waals surface area contributed by atoms with Crippen molar-refractivity contribution < 1.29 is 14.3 Å². The Balaban J connectivity index is 1.80. The number of rotatable bonds is 6. The van der Waals surface area contributed by atoms with E-state index in [1.165, 1.54) is 0 Å². The van der Waals surface area contributed by atoms with Crippen LogP contribution in [0.25, 0.3) is 0 Å². The molecule has 25 heavy (non-hydrogen) atoms. The van der Waals surface area contributed by atoms with E-state index in [0.717, 1.165) is 37.4 Å². The summed E-state index contributed by atoms with van der Waals surface area (Å²) < 4.78 is 10.8. The van der Waals surface area contributed by atoms with Crippen molar-refractivity contribution in [1.82, 2.24) is 10.2 Å². The lowest BCUT2D eigenvalue weighted by atomic mass is 10.1. The quantitative estimate of drug-likeness (QED) is 0.821. The van der Waals surface area contributed by atoms with Crippen LogP contribution in [0.2, 0.25) is 5.02 Å². The summed E-state index contributed by atoms with van der Waals surface area (Å²) in [7, 11) is 0. The molecule has 1 amide bonds. The van der Waals surface area contributed by atoms with Gasteiger partial charge in [-0.05, 0) is 70.3 Å². The Labute approximate surface area is 155 Å². The Morgan fingerprint density at radius 1 is 1.36 bits per heavy atom. The second-order valence-corrected chi connectivity index (χ2v) is 7.94. The third-order valence-corrected chi connectivity index (χ3v) is 4.17. The number of benzene rings is 1. The lowest BCUT2D eigenvalue weighted by Gasteiger charge is -2.21. The number of likely N-dealkylation sites (tertiary alicyclic amines) is 1. The molecule has 6 heteroatoms. The van der Waals surface area contributed by atoms with Crippen LogP contribution in [0, 0.1) is 5.92 Å². The lowest BCUT2D eigenvalue weighted by molar-refractivity contribution is 0.0519. The molecule has 5 nitrogen and oxygen atoms in total. The molecule has 1 aliphatic rings. The molecule has 1 atom stereocenters. The summed E-state index contributed by atoms with van der Waals surface area (Å²) in [5.41, 5.74) is 0.688. The first-order valence-electron chi connectivity index (χ1n) is 8.86. The van der Waals surface area contributed by atoms with E-state index in [4.69, 9.17) is 21.1 Å². The molecule has 0 saturated carbocycles. The minimum Gasteiger partial charge on any atom is -0.494 e. The van der Waals surface area contributed by atoms with Gasteiger partial charge in [0.15, 0.2) is 0 Å². The average Bonchev–Trinajstić information content (AvgIpc) is 2.90. The van der Waals surface area contributed by atoms with Crippen molar-refractivity contribution in [3.63, 3.8) is 0 Å². The number of amides is 1. The number of halogens is 1. The molecule has 0 aliphatic carbocycles. The van der Waals surface area contributed by atoms with Crippen LogP contribution in [0.15, 0.2) is 18.2 Å². The monoisotopic (exact) mass is 368 g/mol. The standard InChI is InChI=1S/C19H29ClN2O3/c1-5-24-17-9-15(8-16(20)10-17)13-22-7-6-14(12-22)11-21-18(23)25-19(2,3)4/h8-10,14H,5-7,11-13H2,1-4H3,(H,21,23)/t14-/m0/s1. The molecule has 1 heterocycles. The SMILES string of the molecule is CCOc1cc(Cl)cc(CN2CC[C@@H](CNC(=O)OC(C)(C)C)C2)c1. The fourth-order valence-corrected chi connectivity index (χ4v) is 3.23. The van der Waals surface area contributed by atoms with Crippen molar-refractivity contribution >= 4 is 17.7 Å². The molecule has 140 valence electrons. The summed E-state index contributed by atoms with van der Waals surface area (Å²) in [5, 5.41) is 3.57. The van der Waals surface area contributed by atoms with E-state index in [1.54, 1.807) is 0 Å². The second-order valence-electron chi connectivity index (χ2n) is 7.50. The van der Waals surface area contributed by atoms with Gasteiger partial charge < -0.3 is 14.8 Å². The van der Waals surface area contributed by atoms with Gasteiger partial charge in [0, 0.05) is 24.7 Å². The van der Waals surface area contributed by atoms with Crippen molar-refractivity contribution in [3.05, 3.63) is 28.8 Å². The molecule has 0 unspecified atom stereocenters. The first kappa shape index (κ1) is 19.9. The Morgan fingerprint density at radius 3 is 2.80 bits per heavy atom. The first-order valence-corrected chi connectivity index (χ1v) is 9.24. The number of hydrogen-bond acceptors (Lipinski definition) is 4. The minimum atomic E-state index is -0.462. The van der Waals surface area contributed by atoms with Crippen LogP contribution in [-0.4, -0.2) is 42.8 Å². The Bertz CT molecular complexity index is 587. The third-order valence-electron chi connectivity index (χ3n) is 3.95. The third kappa shape index (κ3) is 7.12. The van der Waals surface area contributed by atoms with Crippen molar-refractivity contribution in [2.45, 2.75) is 46.3 Å². The molecule has 1 aliphatic heterocycles. The molecule has 0 spiro atoms. The van der Waals surface area contributed by atoms with Crippen LogP contribution in [0.3, 0.4) is 0 Å². The fraction of sp³-hybridized carbons (Fsp3) is 0.632. The Hall–Kier alpha value is -1.46. The van der Waals surface area contributed by atoms with Crippen LogP contribution in [0.5, 0.6) is 5.75 Å². The highest BCUT2D eigenvalue weighted by molar-refractivity contribution is 6.30. The van der Waals surface area contributed by atoms with Crippen LogP contribution in [0.4, 0.5) is 4.79 Å². The Morgan fingerprint density at radius 2 is 2.12 bits per heavy atom. The van der Waals surface area contributed by atoms with Crippen LogP contribution < -0.4 is 10.1 Å². The number of carbonyl (C=O) groups is 1. The first-order chi connectivity index (χ1) is 11.7. The highest BCUT2D eigenvalue weighted by atomic mass is 35.5. The molecule has 0 radical (unpaired) electrons. The van der Waals surface area contributed by atoms with Gasteiger partial charge in [0.1, 0.15) is 11.4 Å². The highest BCUT2D eigenvalue weighted by Gasteiger charge is 2.24. The number of carbonyl (C=O) groups excluding carboxylic acids is 1. The van der Waals surface area contributed by atoms with Crippen molar-refractivity contribution in [2.24, 2.45) is 5.92 Å². The summed E-state index contributed by atoms with van der Waals surface area (Å²) >= 11 is 6.18. The van der Waals surface area contributed by atoms with E-state index < -0.39 is 5.60 Å². The van der Waals surface area contributed by atoms with Crippen LogP contribution >= 0.6 is 11.6 Å². The predicted octanol–water partition coefficient (Wildman–Crippen LogP) is 4.09. The van der Waals surface area contributed by atoms with E-state index in [2.05, 4.69) is 10.2 Å². The van der Waals surface area contributed by atoms with Gasteiger partial charge in [-0.1, -0.05) is 11.6 Å². The van der Waals surface area contributed by atoms with E-state index >= 15 is 0 Å². The molecule has 1 aromatic carbocycles. The summed E-state index contributed by atoms with van der Waals surface area (Å²) in [4.78, 5) is 14.1. The molecule has 2 rings (SSSR count). The summed E-state index contributed by atoms with van der Waals surface area (Å²) in [6.07, 6.45) is 0.719. The predicted molar refractivity (Wildman–Crippen MR) is 100 cm³/mol. The lowest BCUT2D eigenvalue weighted by Crippen LogP contribution is -2.35. The largest absolute Gasteiger partial charge is 0.494 e. The minimum absolute atomic E-state index is 0.345. The van der Waals surface area contributed by atoms with Crippen LogP contribution in [0.1, 0.15) is 39.7 Å². The zero-order chi connectivity index (χ0) is 18.4. The molecule has 1 N–H and O–H groups in total. The molecule has 1 saturated heterocycles. The zero-order valence-corrected chi connectivity index (χ0v) is 16.4. The zero-order valence-electron chi connectivity index (χ0n) is 15.6. The molecular formula is C19H29ClN2O3. The number of hydrogen-bond donors (Lipinski definition) is 1. The second kappa shape index (κ2) is 8.77. The van der Waals surface area contributed by atoms with E-state index in [0.29, 0.717) is 24.1 Å². The molecule has 0 bridgehead atoms. The van der Waals surface area contributed by atoms with Gasteiger partial charge in [0.05, 0.1) is 6.61 Å². The summed E-state index contributed by atoms with van der Waals surface area (Å²) in [5.74, 6) is 1.26. The maximum atomic E-state index is 11.7. The van der Waals surface area contributed by atoms with E-state index in [9.17, 15) is 4.79 Å². The van der Waals surface area contributed by atoms with Crippen molar-refractivity contribution in [2.75, 3.05) is 26.2 Å². The summed E-state index contributed by atoms with van der Waals surface area (Å²) in [6, 6.07) is 5.87. The van der Waals surface area contributed by atoms with Crippen LogP contribution in [-0.2, 0) is 11.3 Å². The van der Waals surface area contributed by atoms with Gasteiger partial charge in [-0.15, -0.1) is 0 Å². The van der Waals surface area contributed by atoms with Gasteiger partial charge in [-0.2, -0.15) is 0 Å². The van der Waals surface area contributed by atoms with Gasteiger partial charge in [0.2, 0.25) is 0 Å². The molecular weight excluding hydrogens is 340 g/mol. The molecule has 1 fully saturated rings. The summed E-state index contributed by atoms with van der Waals surface area (Å²) in [6.45, 7) is 11.6. The topological polar surface area (TPSA) is 50.8 Å². The molecule has 0 aromatic heterocycles.